The van der Waals surface area contributed by atoms with Gasteiger partial charge < -0.3 is 10.4 Å². The molecule has 2 heterocycles. The van der Waals surface area contributed by atoms with Crippen molar-refractivity contribution in [2.45, 2.75) is 6.54 Å². The number of aromatic carboxylic acids is 1. The number of carbonyl (C=O) groups is 1. The SMILES string of the molecule is O=C(O)c1cccnc1NCc1sccc1Br. The van der Waals surface area contributed by atoms with Gasteiger partial charge in [-0.05, 0) is 39.5 Å². The van der Waals surface area contributed by atoms with Crippen molar-refractivity contribution >= 4 is 39.1 Å². The number of carboxylic acids is 1. The molecule has 0 aromatic carbocycles. The number of aromatic nitrogens is 1. The van der Waals surface area contributed by atoms with Crippen molar-refractivity contribution in [1.82, 2.24) is 4.98 Å². The number of anilines is 1. The van der Waals surface area contributed by atoms with Crippen LogP contribution in [0.2, 0.25) is 0 Å². The van der Waals surface area contributed by atoms with Crippen LogP contribution in [0.5, 0.6) is 0 Å². The summed E-state index contributed by atoms with van der Waals surface area (Å²) in [6.45, 7) is 0.551. The lowest BCUT2D eigenvalue weighted by atomic mass is 10.2. The fourth-order valence-electron chi connectivity index (χ4n) is 1.33. The summed E-state index contributed by atoms with van der Waals surface area (Å²) >= 11 is 5.02. The van der Waals surface area contributed by atoms with Crippen LogP contribution < -0.4 is 5.32 Å². The minimum Gasteiger partial charge on any atom is -0.478 e. The lowest BCUT2D eigenvalue weighted by Gasteiger charge is -2.07. The third kappa shape index (κ3) is 2.83. The predicted octanol–water partition coefficient (Wildman–Crippen LogP) is 3.22. The monoisotopic (exact) mass is 312 g/mol. The van der Waals surface area contributed by atoms with Crippen LogP contribution in [0, 0.1) is 0 Å². The highest BCUT2D eigenvalue weighted by Crippen LogP contribution is 2.23. The van der Waals surface area contributed by atoms with E-state index in [1.807, 2.05) is 11.4 Å². The molecule has 0 saturated heterocycles. The van der Waals surface area contributed by atoms with Gasteiger partial charge >= 0.3 is 5.97 Å². The van der Waals surface area contributed by atoms with Crippen LogP contribution in [0.15, 0.2) is 34.2 Å². The van der Waals surface area contributed by atoms with E-state index in [1.54, 1.807) is 23.6 Å². The van der Waals surface area contributed by atoms with E-state index in [1.165, 1.54) is 6.07 Å². The van der Waals surface area contributed by atoms with Crippen LogP contribution in [-0.2, 0) is 6.54 Å². The van der Waals surface area contributed by atoms with Gasteiger partial charge in [0.1, 0.15) is 11.4 Å². The summed E-state index contributed by atoms with van der Waals surface area (Å²) in [5.41, 5.74) is 0.181. The average Bonchev–Trinajstić information content (AvgIpc) is 2.72. The number of hydrogen-bond acceptors (Lipinski definition) is 4. The van der Waals surface area contributed by atoms with E-state index in [0.717, 1.165) is 9.35 Å². The van der Waals surface area contributed by atoms with E-state index in [2.05, 4.69) is 26.2 Å². The van der Waals surface area contributed by atoms with Gasteiger partial charge in [-0.1, -0.05) is 0 Å². The molecule has 17 heavy (non-hydrogen) atoms. The molecule has 2 aromatic rings. The number of thiophene rings is 1. The molecular formula is C11H9BrN2O2S. The van der Waals surface area contributed by atoms with Gasteiger partial charge in [-0.2, -0.15) is 0 Å². The fraction of sp³-hybridized carbons (Fsp3) is 0.0909. The van der Waals surface area contributed by atoms with Crippen LogP contribution in [0.1, 0.15) is 15.2 Å². The van der Waals surface area contributed by atoms with E-state index in [4.69, 9.17) is 5.11 Å². The second kappa shape index (κ2) is 5.29. The van der Waals surface area contributed by atoms with Gasteiger partial charge in [0.15, 0.2) is 0 Å². The highest BCUT2D eigenvalue weighted by Gasteiger charge is 2.10. The third-order valence-electron chi connectivity index (χ3n) is 2.15. The molecule has 0 atom stereocenters. The van der Waals surface area contributed by atoms with Gasteiger partial charge in [0.25, 0.3) is 0 Å². The fourth-order valence-corrected chi connectivity index (χ4v) is 2.77. The van der Waals surface area contributed by atoms with E-state index in [9.17, 15) is 4.79 Å². The third-order valence-corrected chi connectivity index (χ3v) is 4.07. The zero-order valence-electron chi connectivity index (χ0n) is 8.68. The Kier molecular flexibility index (Phi) is 3.75. The number of carboxylic acid groups (broad SMARTS) is 1. The smallest absolute Gasteiger partial charge is 0.339 e. The summed E-state index contributed by atoms with van der Waals surface area (Å²) in [5, 5.41) is 14.0. The quantitative estimate of drug-likeness (QED) is 0.910. The molecule has 0 bridgehead atoms. The lowest BCUT2D eigenvalue weighted by molar-refractivity contribution is 0.0697. The highest BCUT2D eigenvalue weighted by molar-refractivity contribution is 9.10. The van der Waals surface area contributed by atoms with Crippen molar-refractivity contribution in [3.05, 3.63) is 44.7 Å². The van der Waals surface area contributed by atoms with Gasteiger partial charge in [-0.25, -0.2) is 9.78 Å². The zero-order valence-corrected chi connectivity index (χ0v) is 11.1. The van der Waals surface area contributed by atoms with Crippen LogP contribution in [0.4, 0.5) is 5.82 Å². The minimum absolute atomic E-state index is 0.181. The summed E-state index contributed by atoms with van der Waals surface area (Å²) in [7, 11) is 0. The first-order chi connectivity index (χ1) is 8.18. The van der Waals surface area contributed by atoms with Gasteiger partial charge in [0.05, 0.1) is 6.54 Å². The van der Waals surface area contributed by atoms with E-state index in [-0.39, 0.29) is 5.56 Å². The van der Waals surface area contributed by atoms with Crippen molar-refractivity contribution in [3.63, 3.8) is 0 Å². The van der Waals surface area contributed by atoms with E-state index >= 15 is 0 Å². The van der Waals surface area contributed by atoms with E-state index in [0.29, 0.717) is 12.4 Å². The minimum atomic E-state index is -0.981. The van der Waals surface area contributed by atoms with Crippen molar-refractivity contribution in [2.24, 2.45) is 0 Å². The Morgan fingerprint density at radius 3 is 3.00 bits per heavy atom. The van der Waals surface area contributed by atoms with E-state index < -0.39 is 5.97 Å². The van der Waals surface area contributed by atoms with Crippen LogP contribution >= 0.6 is 27.3 Å². The molecule has 0 fully saturated rings. The molecule has 0 spiro atoms. The molecule has 4 nitrogen and oxygen atoms in total. The normalized spacial score (nSPS) is 10.2. The summed E-state index contributed by atoms with van der Waals surface area (Å²) in [6, 6.07) is 5.09. The molecule has 0 unspecified atom stereocenters. The molecule has 2 rings (SSSR count). The summed E-state index contributed by atoms with van der Waals surface area (Å²) in [5.74, 6) is -0.592. The Morgan fingerprint density at radius 2 is 2.35 bits per heavy atom. The van der Waals surface area contributed by atoms with Crippen molar-refractivity contribution in [1.29, 1.82) is 0 Å². The first-order valence-electron chi connectivity index (χ1n) is 4.82. The maximum Gasteiger partial charge on any atom is 0.339 e. The first kappa shape index (κ1) is 12.1. The molecule has 0 aliphatic carbocycles. The van der Waals surface area contributed by atoms with Crippen LogP contribution in [-0.4, -0.2) is 16.1 Å². The lowest BCUT2D eigenvalue weighted by Crippen LogP contribution is -2.07. The van der Waals surface area contributed by atoms with Crippen LogP contribution in [0.3, 0.4) is 0 Å². The molecule has 6 heteroatoms. The molecule has 2 N–H and O–H groups in total. The topological polar surface area (TPSA) is 62.2 Å². The molecule has 0 saturated carbocycles. The molecule has 0 aliphatic rings. The molecule has 0 radical (unpaired) electrons. The number of hydrogen-bond donors (Lipinski definition) is 2. The number of pyridine rings is 1. The van der Waals surface area contributed by atoms with Crippen molar-refractivity contribution in [3.8, 4) is 0 Å². The van der Waals surface area contributed by atoms with Crippen molar-refractivity contribution in [2.75, 3.05) is 5.32 Å². The van der Waals surface area contributed by atoms with Gasteiger partial charge in [0.2, 0.25) is 0 Å². The predicted molar refractivity (Wildman–Crippen MR) is 70.5 cm³/mol. The van der Waals surface area contributed by atoms with Crippen LogP contribution in [0.25, 0.3) is 0 Å². The number of halogens is 1. The summed E-state index contributed by atoms with van der Waals surface area (Å²) in [4.78, 5) is 16.1. The highest BCUT2D eigenvalue weighted by atomic mass is 79.9. The number of rotatable bonds is 4. The summed E-state index contributed by atoms with van der Waals surface area (Å²) in [6.07, 6.45) is 1.57. The largest absolute Gasteiger partial charge is 0.478 e. The number of nitrogens with one attached hydrogen (secondary N) is 1. The second-order valence-corrected chi connectivity index (χ2v) is 5.10. The molecule has 88 valence electrons. The maximum absolute atomic E-state index is 11.0. The summed E-state index contributed by atoms with van der Waals surface area (Å²) < 4.78 is 1.02. The molecule has 2 aromatic heterocycles. The second-order valence-electron chi connectivity index (χ2n) is 3.25. The Morgan fingerprint density at radius 1 is 1.53 bits per heavy atom. The molecule has 0 amide bonds. The Bertz CT molecular complexity index is 542. The Balaban J connectivity index is 2.14. The Hall–Kier alpha value is -1.40. The Labute approximate surface area is 110 Å². The maximum atomic E-state index is 11.0. The van der Waals surface area contributed by atoms with Gasteiger partial charge in [-0.15, -0.1) is 11.3 Å². The standard InChI is InChI=1S/C11H9BrN2O2S/c12-8-3-5-17-9(8)6-14-10-7(11(15)16)2-1-4-13-10/h1-5H,6H2,(H,13,14)(H,15,16). The average molecular weight is 313 g/mol. The van der Waals surface area contributed by atoms with Gasteiger partial charge in [0, 0.05) is 15.5 Å². The molecule has 0 aliphatic heterocycles. The first-order valence-corrected chi connectivity index (χ1v) is 6.50. The van der Waals surface area contributed by atoms with Gasteiger partial charge in [-0.3, -0.25) is 0 Å². The number of nitrogens with zero attached hydrogens (tertiary/aromatic N) is 1. The van der Waals surface area contributed by atoms with Crippen molar-refractivity contribution < 1.29 is 9.90 Å². The zero-order chi connectivity index (χ0) is 12.3. The molecular weight excluding hydrogens is 304 g/mol.